The number of hydrogen-bond acceptors (Lipinski definition) is 8. The summed E-state index contributed by atoms with van der Waals surface area (Å²) in [6.45, 7) is 10.4. The van der Waals surface area contributed by atoms with Gasteiger partial charge in [-0.1, -0.05) is 26.0 Å². The zero-order chi connectivity index (χ0) is 26.6. The summed E-state index contributed by atoms with van der Waals surface area (Å²) in [4.78, 5) is 27.4. The van der Waals surface area contributed by atoms with Crippen LogP contribution in [0, 0.1) is 13.8 Å². The van der Waals surface area contributed by atoms with Gasteiger partial charge in [0.2, 0.25) is 0 Å². The van der Waals surface area contributed by atoms with E-state index in [1.54, 1.807) is 19.4 Å². The summed E-state index contributed by atoms with van der Waals surface area (Å²) in [5.74, 6) is 1.84. The molecular weight excluding hydrogens is 456 g/mol. The van der Waals surface area contributed by atoms with Crippen LogP contribution in [0.5, 0.6) is 5.75 Å². The highest BCUT2D eigenvalue weighted by molar-refractivity contribution is 5.92. The standard InChI is InChI=1S/C27H36N6O3/c1-15(2)22-25(28)31-14-32-26(22)33(6)18(5)20-12-16(3)17(4)23(24(20)36-7)19-8-9-21(30-13-19)27(35)29-10-11-34/h8-9,12-15,18,34H,10-11H2,1-7H3,(H,29,35)(H2,28,31,32). The number of anilines is 2. The van der Waals surface area contributed by atoms with Crippen molar-refractivity contribution in [2.75, 3.05) is 37.9 Å². The van der Waals surface area contributed by atoms with Crippen LogP contribution in [0.2, 0.25) is 0 Å². The number of aliphatic hydroxyl groups excluding tert-OH is 1. The number of aryl methyl sites for hydroxylation is 1. The van der Waals surface area contributed by atoms with Gasteiger partial charge < -0.3 is 25.8 Å². The molecule has 9 heteroatoms. The topological polar surface area (TPSA) is 126 Å². The van der Waals surface area contributed by atoms with E-state index < -0.39 is 0 Å². The molecule has 0 spiro atoms. The van der Waals surface area contributed by atoms with E-state index in [0.29, 0.717) is 5.82 Å². The van der Waals surface area contributed by atoms with Crippen molar-refractivity contribution in [2.45, 2.75) is 46.6 Å². The number of benzene rings is 1. The van der Waals surface area contributed by atoms with Crippen LogP contribution >= 0.6 is 0 Å². The Morgan fingerprint density at radius 2 is 1.92 bits per heavy atom. The third-order valence-corrected chi connectivity index (χ3v) is 6.55. The quantitative estimate of drug-likeness (QED) is 0.412. The van der Waals surface area contributed by atoms with E-state index in [9.17, 15) is 4.79 Å². The highest BCUT2D eigenvalue weighted by atomic mass is 16.5. The Labute approximate surface area is 212 Å². The average molecular weight is 493 g/mol. The number of nitrogens with one attached hydrogen (secondary N) is 1. The molecule has 36 heavy (non-hydrogen) atoms. The van der Waals surface area contributed by atoms with Crippen LogP contribution in [0.25, 0.3) is 11.1 Å². The Hall–Kier alpha value is -3.72. The number of ether oxygens (including phenoxy) is 1. The largest absolute Gasteiger partial charge is 0.496 e. The molecule has 0 aliphatic heterocycles. The molecule has 0 saturated carbocycles. The minimum absolute atomic E-state index is 0.0960. The summed E-state index contributed by atoms with van der Waals surface area (Å²) >= 11 is 0. The summed E-state index contributed by atoms with van der Waals surface area (Å²) < 4.78 is 5.99. The average Bonchev–Trinajstić information content (AvgIpc) is 2.87. The number of aliphatic hydroxyl groups is 1. The van der Waals surface area contributed by atoms with Crippen LogP contribution in [0.4, 0.5) is 11.6 Å². The maximum atomic E-state index is 12.2. The Kier molecular flexibility index (Phi) is 8.47. The predicted molar refractivity (Wildman–Crippen MR) is 142 cm³/mol. The highest BCUT2D eigenvalue weighted by Crippen LogP contribution is 2.43. The van der Waals surface area contributed by atoms with Gasteiger partial charge in [0, 0.05) is 42.0 Å². The second-order valence-corrected chi connectivity index (χ2v) is 9.17. The minimum Gasteiger partial charge on any atom is -0.496 e. The lowest BCUT2D eigenvalue weighted by molar-refractivity contribution is 0.0940. The molecule has 0 aliphatic rings. The van der Waals surface area contributed by atoms with Crippen molar-refractivity contribution in [3.63, 3.8) is 0 Å². The fourth-order valence-electron chi connectivity index (χ4n) is 4.36. The zero-order valence-electron chi connectivity index (χ0n) is 22.1. The van der Waals surface area contributed by atoms with E-state index in [1.807, 2.05) is 13.1 Å². The number of carbonyl (C=O) groups is 1. The van der Waals surface area contributed by atoms with Gasteiger partial charge in [-0.05, 0) is 43.9 Å². The van der Waals surface area contributed by atoms with Crippen LogP contribution in [0.15, 0.2) is 30.7 Å². The lowest BCUT2D eigenvalue weighted by Crippen LogP contribution is -2.27. The van der Waals surface area contributed by atoms with Crippen molar-refractivity contribution in [3.05, 3.63) is 58.7 Å². The van der Waals surface area contributed by atoms with Crippen molar-refractivity contribution in [1.29, 1.82) is 0 Å². The first-order chi connectivity index (χ1) is 17.1. The molecular formula is C27H36N6O3. The first kappa shape index (κ1) is 26.9. The lowest BCUT2D eigenvalue weighted by Gasteiger charge is -2.31. The number of nitrogens with two attached hydrogens (primary N) is 1. The Morgan fingerprint density at radius 1 is 1.19 bits per heavy atom. The SMILES string of the molecule is COc1c(C(C)N(C)c2ncnc(N)c2C(C)C)cc(C)c(C)c1-c1ccc(C(=O)NCCO)nc1. The molecule has 0 bridgehead atoms. The van der Waals surface area contributed by atoms with Crippen LogP contribution < -0.4 is 20.7 Å². The third-order valence-electron chi connectivity index (χ3n) is 6.55. The van der Waals surface area contributed by atoms with Crippen molar-refractivity contribution in [1.82, 2.24) is 20.3 Å². The normalized spacial score (nSPS) is 11.9. The van der Waals surface area contributed by atoms with E-state index >= 15 is 0 Å². The molecule has 9 nitrogen and oxygen atoms in total. The fraction of sp³-hybridized carbons (Fsp3) is 0.407. The summed E-state index contributed by atoms with van der Waals surface area (Å²) in [5.41, 5.74) is 12.3. The second kappa shape index (κ2) is 11.3. The third kappa shape index (κ3) is 5.26. The van der Waals surface area contributed by atoms with Gasteiger partial charge in [-0.15, -0.1) is 0 Å². The monoisotopic (exact) mass is 492 g/mol. The maximum Gasteiger partial charge on any atom is 0.269 e. The summed E-state index contributed by atoms with van der Waals surface area (Å²) in [7, 11) is 3.66. The molecule has 3 rings (SSSR count). The number of pyridine rings is 1. The Morgan fingerprint density at radius 3 is 2.50 bits per heavy atom. The van der Waals surface area contributed by atoms with Gasteiger partial charge in [-0.2, -0.15) is 0 Å². The van der Waals surface area contributed by atoms with Gasteiger partial charge in [-0.3, -0.25) is 9.78 Å². The molecule has 0 saturated heterocycles. The lowest BCUT2D eigenvalue weighted by atomic mass is 9.90. The van der Waals surface area contributed by atoms with Crippen molar-refractivity contribution >= 4 is 17.5 Å². The number of nitrogen functional groups attached to an aromatic ring is 1. The number of carbonyl (C=O) groups excluding carboxylic acids is 1. The summed E-state index contributed by atoms with van der Waals surface area (Å²) in [5, 5.41) is 11.6. The van der Waals surface area contributed by atoms with Gasteiger partial charge in [-0.25, -0.2) is 9.97 Å². The Bertz CT molecular complexity index is 1230. The first-order valence-corrected chi connectivity index (χ1v) is 12.0. The number of nitrogens with zero attached hydrogens (tertiary/aromatic N) is 4. The molecule has 3 aromatic rings. The molecule has 1 aromatic carbocycles. The molecule has 2 aromatic heterocycles. The maximum absolute atomic E-state index is 12.2. The number of hydrogen-bond donors (Lipinski definition) is 3. The van der Waals surface area contributed by atoms with Gasteiger partial charge in [0.25, 0.3) is 5.91 Å². The zero-order valence-corrected chi connectivity index (χ0v) is 22.1. The predicted octanol–water partition coefficient (Wildman–Crippen LogP) is 3.79. The molecule has 1 amide bonds. The number of methoxy groups -OCH3 is 1. The number of aromatic nitrogens is 3. The molecule has 2 heterocycles. The summed E-state index contributed by atoms with van der Waals surface area (Å²) in [6, 6.07) is 5.59. The van der Waals surface area contributed by atoms with E-state index in [4.69, 9.17) is 15.6 Å². The molecule has 0 aliphatic carbocycles. The Balaban J connectivity index is 2.08. The van der Waals surface area contributed by atoms with Crippen molar-refractivity contribution in [2.24, 2.45) is 0 Å². The smallest absolute Gasteiger partial charge is 0.269 e. The van der Waals surface area contributed by atoms with Gasteiger partial charge >= 0.3 is 0 Å². The van der Waals surface area contributed by atoms with E-state index in [0.717, 1.165) is 44.9 Å². The highest BCUT2D eigenvalue weighted by Gasteiger charge is 2.26. The fourth-order valence-corrected chi connectivity index (χ4v) is 4.36. The second-order valence-electron chi connectivity index (χ2n) is 9.17. The van der Waals surface area contributed by atoms with E-state index in [1.165, 1.54) is 6.33 Å². The van der Waals surface area contributed by atoms with Crippen molar-refractivity contribution < 1.29 is 14.6 Å². The molecule has 0 radical (unpaired) electrons. The van der Waals surface area contributed by atoms with E-state index in [2.05, 4.69) is 65.9 Å². The number of amides is 1. The molecule has 0 fully saturated rings. The molecule has 192 valence electrons. The van der Waals surface area contributed by atoms with Crippen LogP contribution in [0.1, 0.15) is 65.5 Å². The minimum atomic E-state index is -0.329. The molecule has 1 atom stereocenters. The van der Waals surface area contributed by atoms with Gasteiger partial charge in [0.05, 0.1) is 19.8 Å². The van der Waals surface area contributed by atoms with E-state index in [-0.39, 0.29) is 36.7 Å². The van der Waals surface area contributed by atoms with Crippen LogP contribution in [-0.2, 0) is 0 Å². The molecule has 1 unspecified atom stereocenters. The van der Waals surface area contributed by atoms with Crippen LogP contribution in [0.3, 0.4) is 0 Å². The van der Waals surface area contributed by atoms with Gasteiger partial charge in [0.15, 0.2) is 0 Å². The first-order valence-electron chi connectivity index (χ1n) is 12.0. The van der Waals surface area contributed by atoms with Crippen LogP contribution in [-0.4, -0.2) is 53.3 Å². The van der Waals surface area contributed by atoms with Gasteiger partial charge in [0.1, 0.15) is 29.4 Å². The summed E-state index contributed by atoms with van der Waals surface area (Å²) in [6.07, 6.45) is 3.17. The van der Waals surface area contributed by atoms with Crippen molar-refractivity contribution in [3.8, 4) is 16.9 Å². The number of rotatable bonds is 9. The molecule has 4 N–H and O–H groups in total.